The highest BCUT2D eigenvalue weighted by Crippen LogP contribution is 2.66. The van der Waals surface area contributed by atoms with Crippen LogP contribution in [0.15, 0.2) is 0 Å². The van der Waals surface area contributed by atoms with Crippen LogP contribution >= 0.6 is 0 Å². The van der Waals surface area contributed by atoms with Gasteiger partial charge in [0.15, 0.2) is 0 Å². The van der Waals surface area contributed by atoms with Gasteiger partial charge in [0.25, 0.3) is 0 Å². The zero-order valence-corrected chi connectivity index (χ0v) is 8.35. The van der Waals surface area contributed by atoms with Crippen LogP contribution in [0.1, 0.15) is 40.5 Å². The highest BCUT2D eigenvalue weighted by atomic mass is 16.4. The van der Waals surface area contributed by atoms with Gasteiger partial charge in [0.05, 0.1) is 5.41 Å². The summed E-state index contributed by atoms with van der Waals surface area (Å²) in [5.74, 6) is -0.135. The number of aliphatic carboxylic acids is 1. The molecule has 1 rings (SSSR count). The van der Waals surface area contributed by atoms with Gasteiger partial charge in [-0.15, -0.1) is 0 Å². The van der Waals surface area contributed by atoms with E-state index in [2.05, 4.69) is 13.8 Å². The second kappa shape index (κ2) is 2.48. The Hall–Kier alpha value is -0.530. The van der Waals surface area contributed by atoms with Crippen LogP contribution in [-0.4, -0.2) is 11.1 Å². The third kappa shape index (κ3) is 1.23. The Bertz CT molecular complexity index is 206. The maximum atomic E-state index is 11.0. The molecule has 2 heteroatoms. The summed E-state index contributed by atoms with van der Waals surface area (Å²) < 4.78 is 0. The summed E-state index contributed by atoms with van der Waals surface area (Å²) in [7, 11) is 0. The first-order valence-corrected chi connectivity index (χ1v) is 4.55. The fourth-order valence-electron chi connectivity index (χ4n) is 2.21. The molecular formula is C10H18O2. The summed E-state index contributed by atoms with van der Waals surface area (Å²) in [4.78, 5) is 11.0. The van der Waals surface area contributed by atoms with Crippen molar-refractivity contribution in [2.75, 3.05) is 0 Å². The molecule has 0 spiro atoms. The summed E-state index contributed by atoms with van der Waals surface area (Å²) in [5, 5.41) is 9.09. The van der Waals surface area contributed by atoms with Crippen molar-refractivity contribution in [1.29, 1.82) is 0 Å². The average molecular weight is 170 g/mol. The highest BCUT2D eigenvalue weighted by molar-refractivity contribution is 5.79. The van der Waals surface area contributed by atoms with E-state index in [0.29, 0.717) is 5.92 Å². The van der Waals surface area contributed by atoms with Gasteiger partial charge in [0.2, 0.25) is 0 Å². The number of carboxylic acids is 1. The van der Waals surface area contributed by atoms with Crippen molar-refractivity contribution in [2.24, 2.45) is 16.7 Å². The molecular weight excluding hydrogens is 152 g/mol. The number of carboxylic acid groups (broad SMARTS) is 1. The number of carbonyl (C=O) groups is 1. The van der Waals surface area contributed by atoms with E-state index < -0.39 is 11.4 Å². The summed E-state index contributed by atoms with van der Waals surface area (Å²) in [6.45, 7) is 8.26. The van der Waals surface area contributed by atoms with E-state index in [1.165, 1.54) is 0 Å². The van der Waals surface area contributed by atoms with E-state index in [0.717, 1.165) is 12.8 Å². The molecule has 1 aliphatic carbocycles. The SMILES string of the molecule is CC(C)CC1(C(=O)O)CC1(C)C. The molecule has 1 atom stereocenters. The van der Waals surface area contributed by atoms with Crippen molar-refractivity contribution in [3.63, 3.8) is 0 Å². The maximum Gasteiger partial charge on any atom is 0.310 e. The van der Waals surface area contributed by atoms with E-state index >= 15 is 0 Å². The van der Waals surface area contributed by atoms with Crippen molar-refractivity contribution >= 4 is 5.97 Å². The second-order valence-electron chi connectivity index (χ2n) is 5.05. The largest absolute Gasteiger partial charge is 0.481 e. The van der Waals surface area contributed by atoms with Crippen LogP contribution in [0.4, 0.5) is 0 Å². The van der Waals surface area contributed by atoms with Crippen LogP contribution in [-0.2, 0) is 4.79 Å². The number of rotatable bonds is 3. The molecule has 1 unspecified atom stereocenters. The highest BCUT2D eigenvalue weighted by Gasteiger charge is 2.66. The molecule has 0 aromatic heterocycles. The Morgan fingerprint density at radius 3 is 2.00 bits per heavy atom. The van der Waals surface area contributed by atoms with Gasteiger partial charge < -0.3 is 5.11 Å². The third-order valence-corrected chi connectivity index (χ3v) is 3.08. The minimum absolute atomic E-state index is 0.0170. The lowest BCUT2D eigenvalue weighted by atomic mass is 9.87. The maximum absolute atomic E-state index is 11.0. The molecule has 0 aromatic carbocycles. The summed E-state index contributed by atoms with van der Waals surface area (Å²) in [6, 6.07) is 0. The first kappa shape index (κ1) is 9.56. The van der Waals surface area contributed by atoms with E-state index in [9.17, 15) is 4.79 Å². The molecule has 1 aliphatic rings. The lowest BCUT2D eigenvalue weighted by Crippen LogP contribution is -2.22. The second-order valence-corrected chi connectivity index (χ2v) is 5.05. The minimum atomic E-state index is -0.610. The Morgan fingerprint density at radius 1 is 1.50 bits per heavy atom. The molecule has 0 aliphatic heterocycles. The van der Waals surface area contributed by atoms with Crippen LogP contribution in [0.3, 0.4) is 0 Å². The molecule has 70 valence electrons. The van der Waals surface area contributed by atoms with Crippen molar-refractivity contribution in [2.45, 2.75) is 40.5 Å². The quantitative estimate of drug-likeness (QED) is 0.706. The molecule has 0 saturated heterocycles. The van der Waals surface area contributed by atoms with E-state index in [4.69, 9.17) is 5.11 Å². The van der Waals surface area contributed by atoms with Crippen LogP contribution in [0, 0.1) is 16.7 Å². The zero-order chi connectivity index (χ0) is 9.57. The van der Waals surface area contributed by atoms with Gasteiger partial charge in [-0.3, -0.25) is 4.79 Å². The van der Waals surface area contributed by atoms with Crippen LogP contribution in [0.2, 0.25) is 0 Å². The first-order chi connectivity index (χ1) is 5.32. The molecule has 1 N–H and O–H groups in total. The fourth-order valence-corrected chi connectivity index (χ4v) is 2.21. The van der Waals surface area contributed by atoms with Gasteiger partial charge in [-0.2, -0.15) is 0 Å². The van der Waals surface area contributed by atoms with Gasteiger partial charge in [0, 0.05) is 0 Å². The monoisotopic (exact) mass is 170 g/mol. The summed E-state index contributed by atoms with van der Waals surface area (Å²) in [6.07, 6.45) is 1.66. The first-order valence-electron chi connectivity index (χ1n) is 4.55. The van der Waals surface area contributed by atoms with Gasteiger partial charge in [0.1, 0.15) is 0 Å². The van der Waals surface area contributed by atoms with Crippen LogP contribution in [0.25, 0.3) is 0 Å². The molecule has 0 radical (unpaired) electrons. The molecule has 0 heterocycles. The van der Waals surface area contributed by atoms with Crippen molar-refractivity contribution in [3.05, 3.63) is 0 Å². The summed E-state index contributed by atoms with van der Waals surface area (Å²) >= 11 is 0. The average Bonchev–Trinajstić information content (AvgIpc) is 2.33. The molecule has 1 fully saturated rings. The Labute approximate surface area is 74.0 Å². The predicted molar refractivity (Wildman–Crippen MR) is 47.9 cm³/mol. The third-order valence-electron chi connectivity index (χ3n) is 3.08. The Morgan fingerprint density at radius 2 is 1.92 bits per heavy atom. The summed E-state index contributed by atoms with van der Waals surface area (Å²) in [5.41, 5.74) is -0.399. The Balaban J connectivity index is 2.73. The fraction of sp³-hybridized carbons (Fsp3) is 0.900. The van der Waals surface area contributed by atoms with Gasteiger partial charge >= 0.3 is 5.97 Å². The van der Waals surface area contributed by atoms with Crippen molar-refractivity contribution in [3.8, 4) is 0 Å². The molecule has 1 saturated carbocycles. The number of hydrogen-bond donors (Lipinski definition) is 1. The lowest BCUT2D eigenvalue weighted by Gasteiger charge is -2.17. The molecule has 12 heavy (non-hydrogen) atoms. The van der Waals surface area contributed by atoms with E-state index in [-0.39, 0.29) is 5.41 Å². The van der Waals surface area contributed by atoms with E-state index in [1.54, 1.807) is 0 Å². The Kier molecular flexibility index (Phi) is 1.97. The normalized spacial score (nSPS) is 32.1. The smallest absolute Gasteiger partial charge is 0.310 e. The molecule has 0 aromatic rings. The van der Waals surface area contributed by atoms with Crippen molar-refractivity contribution < 1.29 is 9.90 Å². The number of hydrogen-bond acceptors (Lipinski definition) is 1. The van der Waals surface area contributed by atoms with Crippen molar-refractivity contribution in [1.82, 2.24) is 0 Å². The van der Waals surface area contributed by atoms with Gasteiger partial charge in [-0.05, 0) is 24.2 Å². The zero-order valence-electron chi connectivity index (χ0n) is 8.35. The van der Waals surface area contributed by atoms with Crippen LogP contribution in [0.5, 0.6) is 0 Å². The molecule has 0 bridgehead atoms. The predicted octanol–water partition coefficient (Wildman–Crippen LogP) is 2.53. The van der Waals surface area contributed by atoms with Gasteiger partial charge in [-0.25, -0.2) is 0 Å². The van der Waals surface area contributed by atoms with Crippen LogP contribution < -0.4 is 0 Å². The molecule has 2 nitrogen and oxygen atoms in total. The van der Waals surface area contributed by atoms with Gasteiger partial charge in [-0.1, -0.05) is 27.7 Å². The minimum Gasteiger partial charge on any atom is -0.481 e. The topological polar surface area (TPSA) is 37.3 Å². The van der Waals surface area contributed by atoms with E-state index in [1.807, 2.05) is 13.8 Å². The lowest BCUT2D eigenvalue weighted by molar-refractivity contribution is -0.145. The standard InChI is InChI=1S/C10H18O2/c1-7(2)5-10(8(11)12)6-9(10,3)4/h7H,5-6H2,1-4H3,(H,11,12). The molecule has 0 amide bonds.